The van der Waals surface area contributed by atoms with Crippen molar-refractivity contribution >= 4 is 16.8 Å². The van der Waals surface area contributed by atoms with Crippen molar-refractivity contribution in [2.45, 2.75) is 0 Å². The molecule has 0 fully saturated rings. The van der Waals surface area contributed by atoms with E-state index in [2.05, 4.69) is 15.4 Å². The summed E-state index contributed by atoms with van der Waals surface area (Å²) >= 11 is 0. The third-order valence-electron chi connectivity index (χ3n) is 4.30. The highest BCUT2D eigenvalue weighted by atomic mass is 16.7. The van der Waals surface area contributed by atoms with Gasteiger partial charge in [-0.15, -0.1) is 0 Å². The monoisotopic (exact) mass is 385 g/mol. The van der Waals surface area contributed by atoms with Crippen LogP contribution in [0.4, 0.5) is 0 Å². The van der Waals surface area contributed by atoms with Gasteiger partial charge < -0.3 is 4.74 Å². The first-order valence-electron chi connectivity index (χ1n) is 9.21. The maximum atomic E-state index is 12.8. The van der Waals surface area contributed by atoms with Crippen LogP contribution in [-0.4, -0.2) is 29.1 Å². The molecule has 0 saturated heterocycles. The van der Waals surface area contributed by atoms with Crippen LogP contribution in [0.3, 0.4) is 0 Å². The van der Waals surface area contributed by atoms with E-state index < -0.39 is 0 Å². The highest BCUT2D eigenvalue weighted by Crippen LogP contribution is 2.24. The van der Waals surface area contributed by atoms with Crippen molar-refractivity contribution in [3.63, 3.8) is 0 Å². The van der Waals surface area contributed by atoms with E-state index in [1.54, 1.807) is 18.5 Å². The number of hydrogen-bond acceptors (Lipinski definition) is 5. The van der Waals surface area contributed by atoms with Gasteiger partial charge in [0.1, 0.15) is 19.0 Å². The lowest BCUT2D eigenvalue weighted by Gasteiger charge is -2.11. The van der Waals surface area contributed by atoms with Crippen LogP contribution in [0.2, 0.25) is 0 Å². The maximum Gasteiger partial charge on any atom is 0.275 e. The Morgan fingerprint density at radius 3 is 2.48 bits per heavy atom. The predicted octanol–water partition coefficient (Wildman–Crippen LogP) is 4.04. The molecule has 0 bridgehead atoms. The Morgan fingerprint density at radius 2 is 1.66 bits per heavy atom. The molecule has 1 N–H and O–H groups in total. The fraction of sp³-hybridized carbons (Fsp3) is 0.0870. The number of ether oxygens (including phenoxy) is 1. The number of aromatic nitrogens is 2. The third kappa shape index (κ3) is 4.56. The van der Waals surface area contributed by atoms with Crippen LogP contribution < -0.4 is 10.2 Å². The minimum atomic E-state index is -0.335. The van der Waals surface area contributed by atoms with Crippen molar-refractivity contribution in [3.8, 4) is 17.0 Å². The molecule has 6 nitrogen and oxygen atoms in total. The average molecular weight is 385 g/mol. The van der Waals surface area contributed by atoms with Crippen LogP contribution in [-0.2, 0) is 4.84 Å². The van der Waals surface area contributed by atoms with Crippen LogP contribution in [0, 0.1) is 0 Å². The van der Waals surface area contributed by atoms with E-state index >= 15 is 0 Å². The number of fused-ring (bicyclic) bond motifs is 1. The van der Waals surface area contributed by atoms with Crippen molar-refractivity contribution in [1.82, 2.24) is 15.4 Å². The van der Waals surface area contributed by atoms with Crippen LogP contribution in [0.15, 0.2) is 85.2 Å². The average Bonchev–Trinajstić information content (AvgIpc) is 2.79. The fourth-order valence-corrected chi connectivity index (χ4v) is 2.92. The number of carbonyl (C=O) groups excluding carboxylic acids is 1. The van der Waals surface area contributed by atoms with Gasteiger partial charge in [0.05, 0.1) is 16.8 Å². The van der Waals surface area contributed by atoms with Crippen LogP contribution in [0.25, 0.3) is 22.2 Å². The molecule has 6 heteroatoms. The second kappa shape index (κ2) is 8.95. The Kier molecular flexibility index (Phi) is 5.73. The number of nitrogens with zero attached hydrogens (tertiary/aromatic N) is 2. The first kappa shape index (κ1) is 18.6. The second-order valence-electron chi connectivity index (χ2n) is 6.25. The SMILES string of the molecule is O=C(NOCCOc1ccccc1)c1cc(-c2ccncc2)nc2ccccc12. The van der Waals surface area contributed by atoms with E-state index in [1.165, 1.54) is 0 Å². The first-order valence-corrected chi connectivity index (χ1v) is 9.21. The minimum Gasteiger partial charge on any atom is -0.491 e. The zero-order valence-corrected chi connectivity index (χ0v) is 15.6. The maximum absolute atomic E-state index is 12.8. The van der Waals surface area contributed by atoms with E-state index in [0.717, 1.165) is 22.2 Å². The Labute approximate surface area is 168 Å². The molecule has 0 aliphatic rings. The van der Waals surface area contributed by atoms with Gasteiger partial charge in [0.25, 0.3) is 5.91 Å². The van der Waals surface area contributed by atoms with Crippen molar-refractivity contribution < 1.29 is 14.4 Å². The summed E-state index contributed by atoms with van der Waals surface area (Å²) in [6.07, 6.45) is 3.39. The van der Waals surface area contributed by atoms with Crippen LogP contribution in [0.1, 0.15) is 10.4 Å². The smallest absolute Gasteiger partial charge is 0.275 e. The Morgan fingerprint density at radius 1 is 0.897 bits per heavy atom. The summed E-state index contributed by atoms with van der Waals surface area (Å²) in [5.41, 5.74) is 5.31. The highest BCUT2D eigenvalue weighted by molar-refractivity contribution is 6.06. The predicted molar refractivity (Wildman–Crippen MR) is 110 cm³/mol. The summed E-state index contributed by atoms with van der Waals surface area (Å²) in [5, 5.41) is 0.756. The molecule has 2 aromatic carbocycles. The van der Waals surface area contributed by atoms with Gasteiger partial charge in [0.2, 0.25) is 0 Å². The van der Waals surface area contributed by atoms with E-state index in [1.807, 2.05) is 66.7 Å². The third-order valence-corrected chi connectivity index (χ3v) is 4.30. The largest absolute Gasteiger partial charge is 0.491 e. The minimum absolute atomic E-state index is 0.223. The number of pyridine rings is 2. The lowest BCUT2D eigenvalue weighted by molar-refractivity contribution is 0.0201. The number of carbonyl (C=O) groups is 1. The number of hydroxylamine groups is 1. The topological polar surface area (TPSA) is 73.3 Å². The zero-order chi connectivity index (χ0) is 19.9. The Hall–Kier alpha value is -3.77. The number of benzene rings is 2. The van der Waals surface area contributed by atoms with E-state index in [-0.39, 0.29) is 12.5 Å². The molecule has 0 unspecified atom stereocenters. The molecule has 4 aromatic rings. The molecule has 0 radical (unpaired) electrons. The lowest BCUT2D eigenvalue weighted by Crippen LogP contribution is -2.26. The van der Waals surface area contributed by atoms with Gasteiger partial charge in [-0.1, -0.05) is 36.4 Å². The van der Waals surface area contributed by atoms with Crippen molar-refractivity contribution in [1.29, 1.82) is 0 Å². The molecule has 1 amide bonds. The molecular formula is C23H19N3O3. The summed E-state index contributed by atoms with van der Waals surface area (Å²) in [4.78, 5) is 26.8. The van der Waals surface area contributed by atoms with Gasteiger partial charge >= 0.3 is 0 Å². The van der Waals surface area contributed by atoms with Gasteiger partial charge in [-0.2, -0.15) is 0 Å². The molecule has 4 rings (SSSR count). The molecule has 0 saturated carbocycles. The van der Waals surface area contributed by atoms with Crippen molar-refractivity contribution in [3.05, 3.63) is 90.8 Å². The van der Waals surface area contributed by atoms with Crippen LogP contribution in [0.5, 0.6) is 5.75 Å². The highest BCUT2D eigenvalue weighted by Gasteiger charge is 2.14. The number of rotatable bonds is 7. The second-order valence-corrected chi connectivity index (χ2v) is 6.25. The molecule has 0 aliphatic carbocycles. The van der Waals surface area contributed by atoms with Crippen molar-refractivity contribution in [2.75, 3.05) is 13.2 Å². The standard InChI is InChI=1S/C23H19N3O3/c27-23(26-29-15-14-28-18-6-2-1-3-7-18)20-16-22(17-10-12-24-13-11-17)25-21-9-5-4-8-19(20)21/h1-13,16H,14-15H2,(H,26,27). The number of para-hydroxylation sites is 2. The first-order chi connectivity index (χ1) is 14.3. The summed E-state index contributed by atoms with van der Waals surface area (Å²) in [6, 6.07) is 22.4. The van der Waals surface area contributed by atoms with E-state index in [0.29, 0.717) is 17.9 Å². The molecule has 0 spiro atoms. The van der Waals surface area contributed by atoms with E-state index in [4.69, 9.17) is 9.57 Å². The van der Waals surface area contributed by atoms with Gasteiger partial charge in [-0.05, 0) is 36.4 Å². The fourth-order valence-electron chi connectivity index (χ4n) is 2.92. The lowest BCUT2D eigenvalue weighted by atomic mass is 10.0. The summed E-state index contributed by atoms with van der Waals surface area (Å²) < 4.78 is 5.55. The van der Waals surface area contributed by atoms with Gasteiger partial charge in [0.15, 0.2) is 0 Å². The molecule has 0 aliphatic heterocycles. The molecule has 2 heterocycles. The van der Waals surface area contributed by atoms with Gasteiger partial charge in [-0.25, -0.2) is 10.5 Å². The van der Waals surface area contributed by atoms with E-state index in [9.17, 15) is 4.79 Å². The van der Waals surface area contributed by atoms with Crippen molar-refractivity contribution in [2.24, 2.45) is 0 Å². The summed E-state index contributed by atoms with van der Waals surface area (Å²) in [6.45, 7) is 0.546. The number of amides is 1. The quantitative estimate of drug-likeness (QED) is 0.384. The molecule has 144 valence electrons. The Bertz CT molecular complexity index is 1100. The molecule has 29 heavy (non-hydrogen) atoms. The summed E-state index contributed by atoms with van der Waals surface area (Å²) in [7, 11) is 0. The zero-order valence-electron chi connectivity index (χ0n) is 15.6. The number of hydrogen-bond donors (Lipinski definition) is 1. The number of nitrogens with one attached hydrogen (secondary N) is 1. The summed E-state index contributed by atoms with van der Waals surface area (Å²) in [5.74, 6) is 0.420. The molecule has 0 atom stereocenters. The molecular weight excluding hydrogens is 366 g/mol. The normalized spacial score (nSPS) is 10.6. The Balaban J connectivity index is 1.46. The van der Waals surface area contributed by atoms with Gasteiger partial charge in [-0.3, -0.25) is 14.6 Å². The molecule has 2 aromatic heterocycles. The van der Waals surface area contributed by atoms with Crippen LogP contribution >= 0.6 is 0 Å². The van der Waals surface area contributed by atoms with Gasteiger partial charge in [0, 0.05) is 23.3 Å².